The highest BCUT2D eigenvalue weighted by molar-refractivity contribution is 6.04. The summed E-state index contributed by atoms with van der Waals surface area (Å²) in [7, 11) is 0. The minimum atomic E-state index is -0.220. The summed E-state index contributed by atoms with van der Waals surface area (Å²) in [6.45, 7) is 8.03. The van der Waals surface area contributed by atoms with E-state index >= 15 is 0 Å². The first-order valence-corrected chi connectivity index (χ1v) is 8.48. The molecule has 0 aliphatic heterocycles. The van der Waals surface area contributed by atoms with Crippen LogP contribution in [0.5, 0.6) is 0 Å². The highest BCUT2D eigenvalue weighted by atomic mass is 16.1. The maximum Gasteiger partial charge on any atom is 0.258 e. The fourth-order valence-electron chi connectivity index (χ4n) is 2.91. The molecule has 0 aliphatic rings. The molecule has 26 heavy (non-hydrogen) atoms. The first-order valence-electron chi connectivity index (χ1n) is 8.48. The van der Waals surface area contributed by atoms with Gasteiger partial charge in [-0.25, -0.2) is 9.97 Å². The van der Waals surface area contributed by atoms with Gasteiger partial charge in [-0.1, -0.05) is 35.9 Å². The maximum atomic E-state index is 12.5. The van der Waals surface area contributed by atoms with Crippen molar-refractivity contribution in [2.24, 2.45) is 0 Å². The van der Waals surface area contributed by atoms with Crippen LogP contribution < -0.4 is 10.6 Å². The Bertz CT molecular complexity index is 925. The molecule has 0 unspecified atom stereocenters. The summed E-state index contributed by atoms with van der Waals surface area (Å²) in [5, 5.41) is 6.12. The van der Waals surface area contributed by atoms with Crippen molar-refractivity contribution < 1.29 is 4.79 Å². The Morgan fingerprint density at radius 2 is 1.50 bits per heavy atom. The molecule has 1 aromatic heterocycles. The van der Waals surface area contributed by atoms with Gasteiger partial charge in [0.05, 0.1) is 5.56 Å². The number of amides is 1. The highest BCUT2D eigenvalue weighted by Crippen LogP contribution is 2.23. The third kappa shape index (κ3) is 3.88. The van der Waals surface area contributed by atoms with E-state index in [4.69, 9.17) is 0 Å². The van der Waals surface area contributed by atoms with Crippen LogP contribution in [0.25, 0.3) is 0 Å². The summed E-state index contributed by atoms with van der Waals surface area (Å²) in [6.07, 6.45) is 3.06. The molecule has 5 heteroatoms. The molecule has 0 fully saturated rings. The van der Waals surface area contributed by atoms with E-state index < -0.39 is 0 Å². The van der Waals surface area contributed by atoms with Crippen LogP contribution in [0.4, 0.5) is 17.3 Å². The van der Waals surface area contributed by atoms with Crippen LogP contribution in [0.3, 0.4) is 0 Å². The lowest BCUT2D eigenvalue weighted by atomic mass is 10.0. The predicted molar refractivity (Wildman–Crippen MR) is 105 cm³/mol. The number of aryl methyl sites for hydroxylation is 4. The Morgan fingerprint density at radius 1 is 0.885 bits per heavy atom. The smallest absolute Gasteiger partial charge is 0.258 e. The molecule has 0 saturated heterocycles. The number of nitrogens with zero attached hydrogens (tertiary/aromatic N) is 2. The van der Waals surface area contributed by atoms with Crippen molar-refractivity contribution in [1.82, 2.24) is 9.97 Å². The molecule has 0 saturated carbocycles. The van der Waals surface area contributed by atoms with Crippen molar-refractivity contribution in [1.29, 1.82) is 0 Å². The van der Waals surface area contributed by atoms with E-state index in [2.05, 4.69) is 20.6 Å². The normalized spacial score (nSPS) is 10.5. The molecule has 3 aromatic rings. The zero-order valence-corrected chi connectivity index (χ0v) is 15.4. The number of aromatic nitrogens is 2. The second-order valence-corrected chi connectivity index (χ2v) is 6.46. The van der Waals surface area contributed by atoms with Gasteiger partial charge in [-0.2, -0.15) is 0 Å². The molecule has 132 valence electrons. The van der Waals surface area contributed by atoms with Gasteiger partial charge in [-0.3, -0.25) is 4.79 Å². The summed E-state index contributed by atoms with van der Waals surface area (Å²) < 4.78 is 0. The average molecular weight is 346 g/mol. The molecule has 3 rings (SSSR count). The van der Waals surface area contributed by atoms with Crippen molar-refractivity contribution in [3.8, 4) is 0 Å². The third-order valence-corrected chi connectivity index (χ3v) is 4.22. The standard InChI is InChI=1S/C21H22N4O/c1-13-9-15(3)19(16(4)10-13)25-20(26)17-11-22-21(23-12-17)24-18-8-6-5-7-14(18)2/h5-12H,1-4H3,(H,25,26)(H,22,23,24). The lowest BCUT2D eigenvalue weighted by Gasteiger charge is -2.13. The molecule has 0 bridgehead atoms. The number of hydrogen-bond acceptors (Lipinski definition) is 4. The summed E-state index contributed by atoms with van der Waals surface area (Å²) in [5.74, 6) is 0.237. The molecular formula is C21H22N4O. The van der Waals surface area contributed by atoms with Crippen molar-refractivity contribution in [2.75, 3.05) is 10.6 Å². The number of carbonyl (C=O) groups excluding carboxylic acids is 1. The highest BCUT2D eigenvalue weighted by Gasteiger charge is 2.11. The van der Waals surface area contributed by atoms with Gasteiger partial charge in [-0.05, 0) is 50.5 Å². The van der Waals surface area contributed by atoms with Crippen LogP contribution in [0.2, 0.25) is 0 Å². The van der Waals surface area contributed by atoms with Crippen molar-refractivity contribution >= 4 is 23.2 Å². The number of rotatable bonds is 4. The van der Waals surface area contributed by atoms with Gasteiger partial charge in [0, 0.05) is 23.8 Å². The van der Waals surface area contributed by atoms with Gasteiger partial charge >= 0.3 is 0 Å². The van der Waals surface area contributed by atoms with Crippen LogP contribution in [-0.2, 0) is 0 Å². The van der Waals surface area contributed by atoms with Gasteiger partial charge < -0.3 is 10.6 Å². The largest absolute Gasteiger partial charge is 0.324 e. The fourth-order valence-corrected chi connectivity index (χ4v) is 2.91. The first-order chi connectivity index (χ1) is 12.4. The van der Waals surface area contributed by atoms with E-state index in [0.717, 1.165) is 28.1 Å². The van der Waals surface area contributed by atoms with E-state index in [1.807, 2.05) is 64.1 Å². The van der Waals surface area contributed by atoms with Crippen LogP contribution in [0, 0.1) is 27.7 Å². The number of para-hydroxylation sites is 1. The van der Waals surface area contributed by atoms with Crippen molar-refractivity contribution in [3.63, 3.8) is 0 Å². The second kappa shape index (κ2) is 7.35. The minimum Gasteiger partial charge on any atom is -0.324 e. The molecule has 1 heterocycles. The molecular weight excluding hydrogens is 324 g/mol. The quantitative estimate of drug-likeness (QED) is 0.718. The topological polar surface area (TPSA) is 66.9 Å². The van der Waals surface area contributed by atoms with E-state index in [0.29, 0.717) is 11.5 Å². The van der Waals surface area contributed by atoms with Gasteiger partial charge in [0.25, 0.3) is 5.91 Å². The Kier molecular flexibility index (Phi) is 4.98. The molecule has 0 aliphatic carbocycles. The Hall–Kier alpha value is -3.21. The molecule has 0 atom stereocenters. The SMILES string of the molecule is Cc1cc(C)c(NC(=O)c2cnc(Nc3ccccc3C)nc2)c(C)c1. The molecule has 5 nitrogen and oxygen atoms in total. The van der Waals surface area contributed by atoms with E-state index in [-0.39, 0.29) is 5.91 Å². The summed E-state index contributed by atoms with van der Waals surface area (Å²) >= 11 is 0. The zero-order chi connectivity index (χ0) is 18.7. The van der Waals surface area contributed by atoms with E-state index in [9.17, 15) is 4.79 Å². The molecule has 2 N–H and O–H groups in total. The fraction of sp³-hybridized carbons (Fsp3) is 0.190. The van der Waals surface area contributed by atoms with Crippen molar-refractivity contribution in [2.45, 2.75) is 27.7 Å². The van der Waals surface area contributed by atoms with E-state index in [1.165, 1.54) is 18.0 Å². The number of carbonyl (C=O) groups is 1. The maximum absolute atomic E-state index is 12.5. The molecule has 0 spiro atoms. The van der Waals surface area contributed by atoms with E-state index in [1.54, 1.807) is 0 Å². The van der Waals surface area contributed by atoms with Crippen molar-refractivity contribution in [3.05, 3.63) is 76.6 Å². The first kappa shape index (κ1) is 17.6. The Labute approximate surface area is 153 Å². The zero-order valence-electron chi connectivity index (χ0n) is 15.4. The van der Waals surface area contributed by atoms with Crippen LogP contribution in [0.15, 0.2) is 48.8 Å². The monoisotopic (exact) mass is 346 g/mol. The number of anilines is 3. The van der Waals surface area contributed by atoms with Crippen LogP contribution in [-0.4, -0.2) is 15.9 Å². The predicted octanol–water partition coefficient (Wildman–Crippen LogP) is 4.71. The Morgan fingerprint density at radius 3 is 2.12 bits per heavy atom. The average Bonchev–Trinajstić information content (AvgIpc) is 2.60. The Balaban J connectivity index is 1.74. The second-order valence-electron chi connectivity index (χ2n) is 6.46. The number of benzene rings is 2. The summed E-state index contributed by atoms with van der Waals surface area (Å²) in [5.41, 5.74) is 6.54. The van der Waals surface area contributed by atoms with Gasteiger partial charge in [0.15, 0.2) is 0 Å². The summed E-state index contributed by atoms with van der Waals surface area (Å²) in [4.78, 5) is 21.0. The lowest BCUT2D eigenvalue weighted by molar-refractivity contribution is 0.102. The summed E-state index contributed by atoms with van der Waals surface area (Å²) in [6, 6.07) is 12.0. The number of hydrogen-bond donors (Lipinski definition) is 2. The molecule has 0 radical (unpaired) electrons. The number of nitrogens with one attached hydrogen (secondary N) is 2. The van der Waals surface area contributed by atoms with Crippen LogP contribution in [0.1, 0.15) is 32.6 Å². The third-order valence-electron chi connectivity index (χ3n) is 4.22. The molecule has 2 aromatic carbocycles. The lowest BCUT2D eigenvalue weighted by Crippen LogP contribution is -2.15. The van der Waals surface area contributed by atoms with Crippen LogP contribution >= 0.6 is 0 Å². The van der Waals surface area contributed by atoms with Gasteiger partial charge in [-0.15, -0.1) is 0 Å². The van der Waals surface area contributed by atoms with Gasteiger partial charge in [0.2, 0.25) is 5.95 Å². The molecule has 1 amide bonds. The minimum absolute atomic E-state index is 0.220. The van der Waals surface area contributed by atoms with Gasteiger partial charge in [0.1, 0.15) is 0 Å².